The fourth-order valence-corrected chi connectivity index (χ4v) is 3.11. The Labute approximate surface area is 111 Å². The summed E-state index contributed by atoms with van der Waals surface area (Å²) in [5.74, 6) is -0.0729. The molecule has 0 radical (unpaired) electrons. The predicted octanol–water partition coefficient (Wildman–Crippen LogP) is 3.45. The monoisotopic (exact) mass is 256 g/mol. The zero-order chi connectivity index (χ0) is 14.0. The van der Waals surface area contributed by atoms with Gasteiger partial charge in [0.25, 0.3) is 0 Å². The summed E-state index contributed by atoms with van der Waals surface area (Å²) in [4.78, 5) is 11.3. The first-order chi connectivity index (χ1) is 8.15. The number of carboxylic acid groups (broad SMARTS) is 1. The molecular weight excluding hydrogens is 228 g/mol. The molecule has 3 heteroatoms. The van der Waals surface area contributed by atoms with Crippen LogP contribution in [0.2, 0.25) is 0 Å². The summed E-state index contributed by atoms with van der Waals surface area (Å²) in [6.07, 6.45) is 6.00. The van der Waals surface area contributed by atoms with Crippen LogP contribution >= 0.6 is 0 Å². The third-order valence-corrected chi connectivity index (χ3v) is 4.78. The third-order valence-electron chi connectivity index (χ3n) is 4.78. The van der Waals surface area contributed by atoms with Crippen LogP contribution in [0.3, 0.4) is 0 Å². The van der Waals surface area contributed by atoms with Crippen molar-refractivity contribution in [3.8, 4) is 0 Å². The summed E-state index contributed by atoms with van der Waals surface area (Å²) in [6.45, 7) is 7.46. The van der Waals surface area contributed by atoms with E-state index in [1.165, 1.54) is 0 Å². The number of aliphatic carboxylic acids is 1. The Morgan fingerprint density at radius 1 is 0.944 bits per heavy atom. The van der Waals surface area contributed by atoms with Gasteiger partial charge in [0.2, 0.25) is 0 Å². The lowest BCUT2D eigenvalue weighted by Gasteiger charge is -2.36. The van der Waals surface area contributed by atoms with Gasteiger partial charge in [-0.2, -0.15) is 0 Å². The average Bonchev–Trinajstić information content (AvgIpc) is 2.13. The number of hydrogen-bond donors (Lipinski definition) is 2. The molecule has 1 rings (SSSR count). The van der Waals surface area contributed by atoms with Crippen LogP contribution in [0, 0.1) is 17.3 Å². The highest BCUT2D eigenvalue weighted by atomic mass is 16.4. The van der Waals surface area contributed by atoms with Crippen LogP contribution in [-0.4, -0.2) is 21.8 Å². The Morgan fingerprint density at radius 3 is 1.67 bits per heavy atom. The highest BCUT2D eigenvalue weighted by Gasteiger charge is 2.37. The van der Waals surface area contributed by atoms with E-state index in [1.807, 2.05) is 27.7 Å². The fraction of sp³-hybridized carbons (Fsp3) is 0.933. The predicted molar refractivity (Wildman–Crippen MR) is 72.4 cm³/mol. The SMILES string of the molecule is CC(C)(O)C1CCCC(C(C)(C)C(=O)O)CCC1. The van der Waals surface area contributed by atoms with Gasteiger partial charge in [-0.15, -0.1) is 0 Å². The van der Waals surface area contributed by atoms with Crippen LogP contribution in [-0.2, 0) is 4.79 Å². The molecule has 0 amide bonds. The van der Waals surface area contributed by atoms with Crippen LogP contribution in [0.15, 0.2) is 0 Å². The highest BCUT2D eigenvalue weighted by molar-refractivity contribution is 5.74. The molecule has 0 saturated heterocycles. The first-order valence-electron chi connectivity index (χ1n) is 7.11. The summed E-state index contributed by atoms with van der Waals surface area (Å²) in [5, 5.41) is 19.4. The molecule has 2 N–H and O–H groups in total. The van der Waals surface area contributed by atoms with Gasteiger partial charge < -0.3 is 10.2 Å². The summed E-state index contributed by atoms with van der Waals surface area (Å²) in [7, 11) is 0. The van der Waals surface area contributed by atoms with Crippen LogP contribution in [0.25, 0.3) is 0 Å². The molecular formula is C15H28O3. The molecule has 0 aromatic heterocycles. The Balaban J connectivity index is 2.61. The lowest BCUT2D eigenvalue weighted by molar-refractivity contribution is -0.150. The van der Waals surface area contributed by atoms with Crippen LogP contribution in [0.5, 0.6) is 0 Å². The summed E-state index contributed by atoms with van der Waals surface area (Å²) in [5.41, 5.74) is -1.23. The van der Waals surface area contributed by atoms with Gasteiger partial charge in [-0.3, -0.25) is 4.79 Å². The maximum atomic E-state index is 11.3. The minimum absolute atomic E-state index is 0.262. The first kappa shape index (κ1) is 15.5. The van der Waals surface area contributed by atoms with Crippen molar-refractivity contribution in [1.82, 2.24) is 0 Å². The van der Waals surface area contributed by atoms with E-state index in [2.05, 4.69) is 0 Å². The lowest BCUT2D eigenvalue weighted by atomic mass is 9.70. The van der Waals surface area contributed by atoms with Gasteiger partial charge in [0.15, 0.2) is 0 Å². The van der Waals surface area contributed by atoms with Gasteiger partial charge in [-0.05, 0) is 65.2 Å². The second-order valence-electron chi connectivity index (χ2n) is 6.94. The molecule has 18 heavy (non-hydrogen) atoms. The second kappa shape index (κ2) is 5.60. The molecule has 0 aromatic rings. The smallest absolute Gasteiger partial charge is 0.309 e. The van der Waals surface area contributed by atoms with E-state index >= 15 is 0 Å². The van der Waals surface area contributed by atoms with E-state index in [0.29, 0.717) is 5.92 Å². The maximum Gasteiger partial charge on any atom is 0.309 e. The van der Waals surface area contributed by atoms with E-state index < -0.39 is 17.0 Å². The van der Waals surface area contributed by atoms with E-state index in [4.69, 9.17) is 0 Å². The quantitative estimate of drug-likeness (QED) is 0.813. The topological polar surface area (TPSA) is 57.5 Å². The van der Waals surface area contributed by atoms with Gasteiger partial charge in [0.05, 0.1) is 11.0 Å². The number of rotatable bonds is 3. The van der Waals surface area contributed by atoms with Crippen molar-refractivity contribution in [2.75, 3.05) is 0 Å². The number of aliphatic hydroxyl groups is 1. The zero-order valence-corrected chi connectivity index (χ0v) is 12.2. The van der Waals surface area contributed by atoms with Gasteiger partial charge in [-0.1, -0.05) is 12.8 Å². The minimum Gasteiger partial charge on any atom is -0.481 e. The van der Waals surface area contributed by atoms with Crippen LogP contribution in [0.4, 0.5) is 0 Å². The van der Waals surface area contributed by atoms with Gasteiger partial charge in [0, 0.05) is 0 Å². The van der Waals surface area contributed by atoms with Crippen molar-refractivity contribution in [3.05, 3.63) is 0 Å². The molecule has 0 heterocycles. The minimum atomic E-state index is -0.688. The van der Waals surface area contributed by atoms with Crippen LogP contribution in [0.1, 0.15) is 66.2 Å². The largest absolute Gasteiger partial charge is 0.481 e. The summed E-state index contributed by atoms with van der Waals surface area (Å²) < 4.78 is 0. The fourth-order valence-electron chi connectivity index (χ4n) is 3.11. The van der Waals surface area contributed by atoms with E-state index in [-0.39, 0.29) is 5.92 Å². The molecule has 1 aliphatic rings. The van der Waals surface area contributed by atoms with Crippen molar-refractivity contribution in [1.29, 1.82) is 0 Å². The van der Waals surface area contributed by atoms with Gasteiger partial charge in [-0.25, -0.2) is 0 Å². The maximum absolute atomic E-state index is 11.3. The molecule has 1 aliphatic carbocycles. The van der Waals surface area contributed by atoms with Crippen molar-refractivity contribution in [2.24, 2.45) is 17.3 Å². The lowest BCUT2D eigenvalue weighted by Crippen LogP contribution is -2.36. The molecule has 0 bridgehead atoms. The van der Waals surface area contributed by atoms with Crippen molar-refractivity contribution < 1.29 is 15.0 Å². The highest BCUT2D eigenvalue weighted by Crippen LogP contribution is 2.39. The Hall–Kier alpha value is -0.570. The average molecular weight is 256 g/mol. The number of carboxylic acids is 1. The molecule has 0 aliphatic heterocycles. The summed E-state index contributed by atoms with van der Waals surface area (Å²) >= 11 is 0. The molecule has 0 spiro atoms. The van der Waals surface area contributed by atoms with Crippen molar-refractivity contribution in [3.63, 3.8) is 0 Å². The van der Waals surface area contributed by atoms with Gasteiger partial charge >= 0.3 is 5.97 Å². The first-order valence-corrected chi connectivity index (χ1v) is 7.11. The van der Waals surface area contributed by atoms with E-state index in [0.717, 1.165) is 38.5 Å². The number of hydrogen-bond acceptors (Lipinski definition) is 2. The Morgan fingerprint density at radius 2 is 1.33 bits per heavy atom. The molecule has 0 atom stereocenters. The standard InChI is InChI=1S/C15H28O3/c1-14(2,13(16)17)11-7-5-9-12(10-6-8-11)15(3,4)18/h11-12,18H,5-10H2,1-4H3,(H,16,17). The van der Waals surface area contributed by atoms with Crippen LogP contribution < -0.4 is 0 Å². The Kier molecular flexibility index (Phi) is 4.82. The van der Waals surface area contributed by atoms with Crippen molar-refractivity contribution in [2.45, 2.75) is 71.8 Å². The van der Waals surface area contributed by atoms with Crippen molar-refractivity contribution >= 4 is 5.97 Å². The van der Waals surface area contributed by atoms with E-state index in [9.17, 15) is 15.0 Å². The molecule has 3 nitrogen and oxygen atoms in total. The molecule has 106 valence electrons. The summed E-state index contributed by atoms with van der Waals surface area (Å²) in [6, 6.07) is 0. The number of carbonyl (C=O) groups is 1. The zero-order valence-electron chi connectivity index (χ0n) is 12.2. The molecule has 0 aromatic carbocycles. The molecule has 1 fully saturated rings. The normalized spacial score (nSPS) is 27.4. The molecule has 0 unspecified atom stereocenters. The van der Waals surface area contributed by atoms with Gasteiger partial charge in [0.1, 0.15) is 0 Å². The second-order valence-corrected chi connectivity index (χ2v) is 6.94. The molecule has 1 saturated carbocycles. The van der Waals surface area contributed by atoms with E-state index in [1.54, 1.807) is 0 Å². The third kappa shape index (κ3) is 3.71. The Bertz CT molecular complexity index is 279.